The predicted molar refractivity (Wildman–Crippen MR) is 162 cm³/mol. The van der Waals surface area contributed by atoms with Gasteiger partial charge in [0.2, 0.25) is 0 Å². The number of carbonyl (C=O) groups excluding carboxylic acids is 1. The van der Waals surface area contributed by atoms with E-state index in [0.717, 1.165) is 53.6 Å². The first kappa shape index (κ1) is 28.2. The molecule has 2 fully saturated rings. The molecular formula is C33H34Cl2FN3O2. The quantitative estimate of drug-likeness (QED) is 0.307. The number of aliphatic imine (C=N–C) groups is 1. The van der Waals surface area contributed by atoms with Gasteiger partial charge in [-0.2, -0.15) is 0 Å². The smallest absolute Gasteiger partial charge is 0.263 e. The Morgan fingerprint density at radius 1 is 1.05 bits per heavy atom. The SMILES string of the molecule is Cc1ccc(F)cc1[C@@H]1NCC[C@@H](c2cc(Cl)ccc2OC(C)(C)C(=O)NC2CCC2)[C@@]12C=Nc1cc(Cl)ccc12. The third-order valence-corrected chi connectivity index (χ3v) is 9.40. The molecule has 1 aliphatic carbocycles. The molecular weight excluding hydrogens is 560 g/mol. The van der Waals surface area contributed by atoms with Crippen LogP contribution in [0, 0.1) is 12.7 Å². The van der Waals surface area contributed by atoms with Gasteiger partial charge >= 0.3 is 0 Å². The normalized spacial score (nSPS) is 23.8. The third kappa shape index (κ3) is 5.04. The number of halogens is 3. The summed E-state index contributed by atoms with van der Waals surface area (Å²) in [6.45, 7) is 6.27. The van der Waals surface area contributed by atoms with Crippen LogP contribution in [0.25, 0.3) is 0 Å². The highest BCUT2D eigenvalue weighted by Gasteiger charge is 2.53. The molecule has 3 aromatic carbocycles. The second-order valence-electron chi connectivity index (χ2n) is 12.0. The Balaban J connectivity index is 1.48. The number of hydrogen-bond donors (Lipinski definition) is 2. The zero-order chi connectivity index (χ0) is 28.9. The molecule has 0 unspecified atom stereocenters. The second-order valence-corrected chi connectivity index (χ2v) is 12.9. The van der Waals surface area contributed by atoms with Crippen molar-refractivity contribution in [2.24, 2.45) is 4.99 Å². The molecule has 5 nitrogen and oxygen atoms in total. The lowest BCUT2D eigenvalue weighted by molar-refractivity contribution is -0.135. The minimum Gasteiger partial charge on any atom is -0.478 e. The average molecular weight is 595 g/mol. The van der Waals surface area contributed by atoms with E-state index in [0.29, 0.717) is 22.3 Å². The molecule has 214 valence electrons. The predicted octanol–water partition coefficient (Wildman–Crippen LogP) is 7.74. The summed E-state index contributed by atoms with van der Waals surface area (Å²) in [5.74, 6) is 0.0162. The van der Waals surface area contributed by atoms with Crippen molar-refractivity contribution in [3.8, 4) is 5.75 Å². The molecule has 0 radical (unpaired) electrons. The number of fused-ring (bicyclic) bond motifs is 2. The van der Waals surface area contributed by atoms with E-state index in [4.69, 9.17) is 32.9 Å². The maximum Gasteiger partial charge on any atom is 0.263 e. The van der Waals surface area contributed by atoms with Crippen molar-refractivity contribution in [2.45, 2.75) is 75.5 Å². The highest BCUT2D eigenvalue weighted by molar-refractivity contribution is 6.31. The topological polar surface area (TPSA) is 62.7 Å². The highest BCUT2D eigenvalue weighted by atomic mass is 35.5. The Labute approximate surface area is 250 Å². The summed E-state index contributed by atoms with van der Waals surface area (Å²) >= 11 is 13.0. The largest absolute Gasteiger partial charge is 0.478 e. The summed E-state index contributed by atoms with van der Waals surface area (Å²) in [6.07, 6.45) is 5.85. The zero-order valence-corrected chi connectivity index (χ0v) is 25.0. The highest BCUT2D eigenvalue weighted by Crippen LogP contribution is 2.58. The van der Waals surface area contributed by atoms with E-state index in [9.17, 15) is 9.18 Å². The lowest BCUT2D eigenvalue weighted by Crippen LogP contribution is -2.53. The Morgan fingerprint density at radius 2 is 1.80 bits per heavy atom. The number of hydrogen-bond acceptors (Lipinski definition) is 4. The molecule has 41 heavy (non-hydrogen) atoms. The van der Waals surface area contributed by atoms with Crippen molar-refractivity contribution in [3.05, 3.63) is 92.7 Å². The Bertz CT molecular complexity index is 1540. The number of ether oxygens (including phenoxy) is 1. The number of amides is 1. The molecule has 2 heterocycles. The van der Waals surface area contributed by atoms with Crippen molar-refractivity contribution >= 4 is 41.0 Å². The van der Waals surface area contributed by atoms with Gasteiger partial charge in [0, 0.05) is 39.8 Å². The summed E-state index contributed by atoms with van der Waals surface area (Å²) in [6, 6.07) is 16.2. The molecule has 8 heteroatoms. The maximum atomic E-state index is 14.7. The van der Waals surface area contributed by atoms with Gasteiger partial charge in [-0.15, -0.1) is 0 Å². The van der Waals surface area contributed by atoms with Crippen molar-refractivity contribution in [3.63, 3.8) is 0 Å². The fourth-order valence-corrected chi connectivity index (χ4v) is 6.88. The van der Waals surface area contributed by atoms with Gasteiger partial charge < -0.3 is 15.4 Å². The molecule has 1 spiro atoms. The van der Waals surface area contributed by atoms with Crippen LogP contribution in [-0.4, -0.2) is 30.3 Å². The minimum atomic E-state index is -1.11. The molecule has 2 N–H and O–H groups in total. The van der Waals surface area contributed by atoms with Crippen LogP contribution in [0.1, 0.15) is 73.7 Å². The summed E-state index contributed by atoms with van der Waals surface area (Å²) in [5, 5.41) is 7.99. The van der Waals surface area contributed by atoms with Gasteiger partial charge in [0.25, 0.3) is 5.91 Å². The van der Waals surface area contributed by atoms with Gasteiger partial charge in [-0.25, -0.2) is 4.39 Å². The maximum absolute atomic E-state index is 14.7. The number of benzene rings is 3. The standard InChI is InChI=1S/C33H34Cl2FN3O2/c1-19-7-10-22(36)17-24(19)30-33(18-38-28-16-21(35)8-11-27(28)33)26(13-14-37-30)25-15-20(34)9-12-29(25)41-32(2,3)31(40)39-23-5-4-6-23/h7-12,15-18,23,26,30,37H,4-6,13-14H2,1-3H3,(H,39,40)/t26-,30-,33+/m0/s1. The van der Waals surface area contributed by atoms with E-state index in [1.807, 2.05) is 49.5 Å². The second kappa shape index (κ2) is 10.7. The summed E-state index contributed by atoms with van der Waals surface area (Å²) in [7, 11) is 0. The van der Waals surface area contributed by atoms with E-state index in [-0.39, 0.29) is 29.7 Å². The number of carbonyl (C=O) groups is 1. The van der Waals surface area contributed by atoms with E-state index in [1.54, 1.807) is 26.0 Å². The first-order valence-electron chi connectivity index (χ1n) is 14.2. The van der Waals surface area contributed by atoms with Gasteiger partial charge in [0.15, 0.2) is 5.60 Å². The molecule has 0 aromatic heterocycles. The van der Waals surface area contributed by atoms with E-state index in [2.05, 4.69) is 10.6 Å². The zero-order valence-electron chi connectivity index (χ0n) is 23.4. The van der Waals surface area contributed by atoms with Crippen LogP contribution in [-0.2, 0) is 10.2 Å². The lowest BCUT2D eigenvalue weighted by atomic mass is 9.59. The molecule has 0 bridgehead atoms. The molecule has 3 aliphatic rings. The Morgan fingerprint density at radius 3 is 2.56 bits per heavy atom. The summed E-state index contributed by atoms with van der Waals surface area (Å²) < 4.78 is 21.2. The van der Waals surface area contributed by atoms with Crippen molar-refractivity contribution in [1.29, 1.82) is 0 Å². The van der Waals surface area contributed by atoms with Crippen LogP contribution in [0.5, 0.6) is 5.75 Å². The number of piperidine rings is 1. The average Bonchev–Trinajstić information content (AvgIpc) is 3.27. The van der Waals surface area contributed by atoms with Crippen LogP contribution in [0.4, 0.5) is 10.1 Å². The van der Waals surface area contributed by atoms with Gasteiger partial charge in [-0.1, -0.05) is 35.3 Å². The fourth-order valence-electron chi connectivity index (χ4n) is 6.53. The van der Waals surface area contributed by atoms with Crippen LogP contribution in [0.3, 0.4) is 0 Å². The van der Waals surface area contributed by atoms with Gasteiger partial charge in [0.1, 0.15) is 11.6 Å². The number of aryl methyl sites for hydroxylation is 1. The van der Waals surface area contributed by atoms with E-state index in [1.165, 1.54) is 6.07 Å². The van der Waals surface area contributed by atoms with Gasteiger partial charge in [-0.05, 0) is 112 Å². The van der Waals surface area contributed by atoms with Crippen LogP contribution < -0.4 is 15.4 Å². The molecule has 2 aliphatic heterocycles. The summed E-state index contributed by atoms with van der Waals surface area (Å²) in [4.78, 5) is 18.1. The van der Waals surface area contributed by atoms with Crippen LogP contribution in [0.2, 0.25) is 10.0 Å². The van der Waals surface area contributed by atoms with Crippen molar-refractivity contribution in [1.82, 2.24) is 10.6 Å². The first-order chi connectivity index (χ1) is 19.6. The molecule has 1 amide bonds. The Hall–Kier alpha value is -2.93. The third-order valence-electron chi connectivity index (χ3n) is 8.93. The van der Waals surface area contributed by atoms with Crippen LogP contribution in [0.15, 0.2) is 59.6 Å². The van der Waals surface area contributed by atoms with E-state index >= 15 is 0 Å². The van der Waals surface area contributed by atoms with Crippen molar-refractivity contribution in [2.75, 3.05) is 6.54 Å². The molecule has 1 saturated carbocycles. The molecule has 3 atom stereocenters. The number of nitrogens with one attached hydrogen (secondary N) is 2. The molecule has 1 saturated heterocycles. The van der Waals surface area contributed by atoms with Gasteiger partial charge in [-0.3, -0.25) is 9.79 Å². The Kier molecular flexibility index (Phi) is 7.37. The van der Waals surface area contributed by atoms with Crippen molar-refractivity contribution < 1.29 is 13.9 Å². The number of nitrogens with zero attached hydrogens (tertiary/aromatic N) is 1. The number of rotatable bonds is 6. The minimum absolute atomic E-state index is 0.140. The lowest BCUT2D eigenvalue weighted by Gasteiger charge is -2.48. The van der Waals surface area contributed by atoms with E-state index < -0.39 is 11.0 Å². The first-order valence-corrected chi connectivity index (χ1v) is 15.0. The monoisotopic (exact) mass is 593 g/mol. The van der Waals surface area contributed by atoms with Crippen LogP contribution >= 0.6 is 23.2 Å². The van der Waals surface area contributed by atoms with Gasteiger partial charge in [0.05, 0.1) is 11.1 Å². The fraction of sp³-hybridized carbons (Fsp3) is 0.394. The molecule has 6 rings (SSSR count). The molecule has 3 aromatic rings. The summed E-state index contributed by atoms with van der Waals surface area (Å²) in [5.41, 5.74) is 2.72.